The highest BCUT2D eigenvalue weighted by Crippen LogP contribution is 2.23. The molecule has 4 nitrogen and oxygen atoms in total. The van der Waals surface area contributed by atoms with Crippen LogP contribution in [-0.4, -0.2) is 23.9 Å². The minimum absolute atomic E-state index is 0.197. The second-order valence-electron chi connectivity index (χ2n) is 5.89. The van der Waals surface area contributed by atoms with Gasteiger partial charge in [-0.1, -0.05) is 19.8 Å². The van der Waals surface area contributed by atoms with Gasteiger partial charge in [0.1, 0.15) is 0 Å². The van der Waals surface area contributed by atoms with Crippen LogP contribution in [0.2, 0.25) is 0 Å². The lowest BCUT2D eigenvalue weighted by molar-refractivity contribution is -0.140. The van der Waals surface area contributed by atoms with Crippen molar-refractivity contribution < 1.29 is 9.59 Å². The van der Waals surface area contributed by atoms with Gasteiger partial charge in [0.25, 0.3) is 0 Å². The molecule has 2 saturated carbocycles. The number of amides is 2. The van der Waals surface area contributed by atoms with Crippen LogP contribution in [0, 0.1) is 5.92 Å². The Balaban J connectivity index is 1.71. The van der Waals surface area contributed by atoms with E-state index in [0.29, 0.717) is 0 Å². The minimum atomic E-state index is -0.444. The quantitative estimate of drug-likeness (QED) is 0.735. The van der Waals surface area contributed by atoms with Gasteiger partial charge in [0.05, 0.1) is 0 Å². The van der Waals surface area contributed by atoms with Crippen LogP contribution in [-0.2, 0) is 9.59 Å². The SMILES string of the molecule is CC1CCC(NC(=O)C(=O)NC2CCCC2)CC1. The molecule has 0 radical (unpaired) electrons. The van der Waals surface area contributed by atoms with E-state index in [0.717, 1.165) is 57.3 Å². The Hall–Kier alpha value is -1.06. The summed E-state index contributed by atoms with van der Waals surface area (Å²) in [5, 5.41) is 5.69. The highest BCUT2D eigenvalue weighted by atomic mass is 16.2. The van der Waals surface area contributed by atoms with Crippen LogP contribution >= 0.6 is 0 Å². The number of hydrogen-bond donors (Lipinski definition) is 2. The van der Waals surface area contributed by atoms with Crippen LogP contribution in [0.15, 0.2) is 0 Å². The summed E-state index contributed by atoms with van der Waals surface area (Å²) in [4.78, 5) is 23.5. The summed E-state index contributed by atoms with van der Waals surface area (Å²) >= 11 is 0. The Morgan fingerprint density at radius 3 is 1.72 bits per heavy atom. The Morgan fingerprint density at radius 1 is 0.778 bits per heavy atom. The Morgan fingerprint density at radius 2 is 1.22 bits per heavy atom. The molecule has 0 atom stereocenters. The van der Waals surface area contributed by atoms with E-state index in [1.165, 1.54) is 0 Å². The number of nitrogens with one attached hydrogen (secondary N) is 2. The van der Waals surface area contributed by atoms with Crippen molar-refractivity contribution in [2.24, 2.45) is 5.92 Å². The minimum Gasteiger partial charge on any atom is -0.345 e. The monoisotopic (exact) mass is 252 g/mol. The molecule has 0 aromatic heterocycles. The van der Waals surface area contributed by atoms with Crippen molar-refractivity contribution >= 4 is 11.8 Å². The van der Waals surface area contributed by atoms with Crippen LogP contribution in [0.3, 0.4) is 0 Å². The lowest BCUT2D eigenvalue weighted by Crippen LogP contribution is -2.47. The smallest absolute Gasteiger partial charge is 0.309 e. The first-order valence-electron chi connectivity index (χ1n) is 7.26. The van der Waals surface area contributed by atoms with Gasteiger partial charge in [-0.2, -0.15) is 0 Å². The van der Waals surface area contributed by atoms with Crippen LogP contribution in [0.1, 0.15) is 58.3 Å². The molecular formula is C14H24N2O2. The van der Waals surface area contributed by atoms with E-state index in [1.54, 1.807) is 0 Å². The van der Waals surface area contributed by atoms with Gasteiger partial charge in [-0.15, -0.1) is 0 Å². The molecule has 2 amide bonds. The molecule has 2 N–H and O–H groups in total. The van der Waals surface area contributed by atoms with Crippen molar-refractivity contribution in [3.8, 4) is 0 Å². The van der Waals surface area contributed by atoms with E-state index in [2.05, 4.69) is 17.6 Å². The van der Waals surface area contributed by atoms with Crippen LogP contribution < -0.4 is 10.6 Å². The van der Waals surface area contributed by atoms with Gasteiger partial charge < -0.3 is 10.6 Å². The van der Waals surface area contributed by atoms with Gasteiger partial charge in [0, 0.05) is 12.1 Å². The van der Waals surface area contributed by atoms with Crippen molar-refractivity contribution in [2.75, 3.05) is 0 Å². The Labute approximate surface area is 109 Å². The first-order chi connectivity index (χ1) is 8.65. The Kier molecular flexibility index (Phi) is 4.61. The third-order valence-corrected chi connectivity index (χ3v) is 4.25. The summed E-state index contributed by atoms with van der Waals surface area (Å²) in [6.07, 6.45) is 8.65. The maximum absolute atomic E-state index is 11.8. The molecular weight excluding hydrogens is 228 g/mol. The summed E-state index contributed by atoms with van der Waals surface area (Å²) in [6.45, 7) is 2.24. The van der Waals surface area contributed by atoms with E-state index in [4.69, 9.17) is 0 Å². The highest BCUT2D eigenvalue weighted by Gasteiger charge is 2.25. The molecule has 0 bridgehead atoms. The van der Waals surface area contributed by atoms with Crippen molar-refractivity contribution in [3.05, 3.63) is 0 Å². The number of carbonyl (C=O) groups excluding carboxylic acids is 2. The molecule has 0 unspecified atom stereocenters. The third-order valence-electron chi connectivity index (χ3n) is 4.25. The molecule has 0 aliphatic heterocycles. The van der Waals surface area contributed by atoms with E-state index >= 15 is 0 Å². The highest BCUT2D eigenvalue weighted by molar-refractivity contribution is 6.35. The van der Waals surface area contributed by atoms with Crippen molar-refractivity contribution in [1.82, 2.24) is 10.6 Å². The zero-order valence-corrected chi connectivity index (χ0v) is 11.2. The van der Waals surface area contributed by atoms with Crippen molar-refractivity contribution in [3.63, 3.8) is 0 Å². The van der Waals surface area contributed by atoms with Gasteiger partial charge in [-0.25, -0.2) is 0 Å². The fourth-order valence-corrected chi connectivity index (χ4v) is 2.98. The summed E-state index contributed by atoms with van der Waals surface area (Å²) < 4.78 is 0. The van der Waals surface area contributed by atoms with Gasteiger partial charge in [-0.05, 0) is 44.4 Å². The fraction of sp³-hybridized carbons (Fsp3) is 0.857. The lowest BCUT2D eigenvalue weighted by Gasteiger charge is -2.26. The van der Waals surface area contributed by atoms with E-state index in [-0.39, 0.29) is 12.1 Å². The largest absolute Gasteiger partial charge is 0.345 e. The maximum Gasteiger partial charge on any atom is 0.309 e. The molecule has 4 heteroatoms. The van der Waals surface area contributed by atoms with E-state index in [9.17, 15) is 9.59 Å². The molecule has 102 valence electrons. The number of rotatable bonds is 2. The van der Waals surface area contributed by atoms with Crippen LogP contribution in [0.25, 0.3) is 0 Å². The van der Waals surface area contributed by atoms with Crippen LogP contribution in [0.4, 0.5) is 0 Å². The lowest BCUT2D eigenvalue weighted by atomic mass is 9.87. The van der Waals surface area contributed by atoms with E-state index in [1.807, 2.05) is 0 Å². The fourth-order valence-electron chi connectivity index (χ4n) is 2.98. The molecule has 2 aliphatic rings. The first kappa shape index (κ1) is 13.4. The van der Waals surface area contributed by atoms with Crippen molar-refractivity contribution in [1.29, 1.82) is 0 Å². The zero-order valence-electron chi connectivity index (χ0n) is 11.2. The molecule has 2 aliphatic carbocycles. The van der Waals surface area contributed by atoms with Crippen LogP contribution in [0.5, 0.6) is 0 Å². The topological polar surface area (TPSA) is 58.2 Å². The second kappa shape index (κ2) is 6.21. The van der Waals surface area contributed by atoms with Gasteiger partial charge in [0.15, 0.2) is 0 Å². The van der Waals surface area contributed by atoms with E-state index < -0.39 is 11.8 Å². The zero-order chi connectivity index (χ0) is 13.0. The van der Waals surface area contributed by atoms with Crippen molar-refractivity contribution in [2.45, 2.75) is 70.4 Å². The average Bonchev–Trinajstić information content (AvgIpc) is 2.85. The number of hydrogen-bond acceptors (Lipinski definition) is 2. The maximum atomic E-state index is 11.8. The molecule has 0 saturated heterocycles. The molecule has 0 heterocycles. The molecule has 2 fully saturated rings. The normalized spacial score (nSPS) is 28.9. The molecule has 18 heavy (non-hydrogen) atoms. The molecule has 0 aromatic carbocycles. The predicted molar refractivity (Wildman–Crippen MR) is 70.0 cm³/mol. The standard InChI is InChI=1S/C14H24N2O2/c1-10-6-8-12(9-7-10)16-14(18)13(17)15-11-4-2-3-5-11/h10-12H,2-9H2,1H3,(H,15,17)(H,16,18). The first-order valence-corrected chi connectivity index (χ1v) is 7.26. The van der Waals surface area contributed by atoms with Gasteiger partial charge >= 0.3 is 11.8 Å². The average molecular weight is 252 g/mol. The second-order valence-corrected chi connectivity index (χ2v) is 5.89. The predicted octanol–water partition coefficient (Wildman–Crippen LogP) is 1.74. The summed E-state index contributed by atoms with van der Waals surface area (Å²) in [7, 11) is 0. The summed E-state index contributed by atoms with van der Waals surface area (Å²) in [5.41, 5.74) is 0. The third kappa shape index (κ3) is 3.72. The number of carbonyl (C=O) groups is 2. The molecule has 2 rings (SSSR count). The molecule has 0 spiro atoms. The molecule has 0 aromatic rings. The Bertz CT molecular complexity index is 303. The summed E-state index contributed by atoms with van der Waals surface area (Å²) in [6, 6.07) is 0.414. The van der Waals surface area contributed by atoms with Gasteiger partial charge in [-0.3, -0.25) is 9.59 Å². The summed E-state index contributed by atoms with van der Waals surface area (Å²) in [5.74, 6) is -0.132. The van der Waals surface area contributed by atoms with Gasteiger partial charge in [0.2, 0.25) is 0 Å².